The number of thioether (sulfide) groups is 1. The summed E-state index contributed by atoms with van der Waals surface area (Å²) < 4.78 is 27.6. The lowest BCUT2D eigenvalue weighted by molar-refractivity contribution is 0.102. The highest BCUT2D eigenvalue weighted by Gasteiger charge is 2.14. The Labute approximate surface area is 197 Å². The van der Waals surface area contributed by atoms with Crippen LogP contribution < -0.4 is 10.0 Å². The van der Waals surface area contributed by atoms with Gasteiger partial charge >= 0.3 is 0 Å². The molecule has 0 heterocycles. The molecule has 4 aromatic carbocycles. The number of para-hydroxylation sites is 1. The van der Waals surface area contributed by atoms with E-state index in [1.807, 2.05) is 36.4 Å². The first-order valence-electron chi connectivity index (χ1n) is 10.3. The molecule has 0 atom stereocenters. The zero-order chi connectivity index (χ0) is 23.1. The van der Waals surface area contributed by atoms with Crippen LogP contribution in [0.15, 0.2) is 119 Å². The van der Waals surface area contributed by atoms with Gasteiger partial charge in [-0.3, -0.25) is 9.52 Å². The second-order valence-electron chi connectivity index (χ2n) is 7.25. The number of rotatable bonds is 8. The Kier molecular flexibility index (Phi) is 7.12. The van der Waals surface area contributed by atoms with Crippen molar-refractivity contribution in [2.24, 2.45) is 0 Å². The lowest BCUT2D eigenvalue weighted by Crippen LogP contribution is -2.14. The Bertz CT molecular complexity index is 1310. The predicted octanol–water partition coefficient (Wildman–Crippen LogP) is 6.03. The van der Waals surface area contributed by atoms with Crippen LogP contribution in [0.25, 0.3) is 0 Å². The number of amides is 1. The Morgan fingerprint density at radius 1 is 0.697 bits per heavy atom. The van der Waals surface area contributed by atoms with Gasteiger partial charge in [0.05, 0.1) is 4.90 Å². The smallest absolute Gasteiger partial charge is 0.261 e. The van der Waals surface area contributed by atoms with Gasteiger partial charge in [-0.1, -0.05) is 48.5 Å². The molecule has 0 fully saturated rings. The summed E-state index contributed by atoms with van der Waals surface area (Å²) in [4.78, 5) is 13.9. The summed E-state index contributed by atoms with van der Waals surface area (Å²) in [6.45, 7) is 0. The Morgan fingerprint density at radius 2 is 1.30 bits per heavy atom. The first-order chi connectivity index (χ1) is 16.0. The Morgan fingerprint density at radius 3 is 1.94 bits per heavy atom. The first-order valence-corrected chi connectivity index (χ1v) is 12.7. The molecule has 0 unspecified atom stereocenters. The molecule has 5 nitrogen and oxygen atoms in total. The fourth-order valence-corrected chi connectivity index (χ4v) is 5.01. The van der Waals surface area contributed by atoms with E-state index in [1.54, 1.807) is 60.3 Å². The molecule has 0 aliphatic heterocycles. The van der Waals surface area contributed by atoms with Gasteiger partial charge in [0, 0.05) is 27.6 Å². The molecule has 0 radical (unpaired) electrons. The van der Waals surface area contributed by atoms with Crippen LogP contribution in [-0.4, -0.2) is 14.3 Å². The van der Waals surface area contributed by atoms with E-state index in [4.69, 9.17) is 0 Å². The molecule has 0 saturated heterocycles. The number of nitrogens with one attached hydrogen (secondary N) is 2. The molecule has 0 bridgehead atoms. The zero-order valence-electron chi connectivity index (χ0n) is 17.6. The van der Waals surface area contributed by atoms with Gasteiger partial charge in [-0.15, -0.1) is 11.8 Å². The summed E-state index contributed by atoms with van der Waals surface area (Å²) in [5, 5.41) is 2.80. The molecule has 7 heteroatoms. The SMILES string of the molecule is O=C(Nc1ccc(S(=O)(=O)Nc2ccccc2)cc1)c1ccc(CSc2ccccc2)cc1. The maximum Gasteiger partial charge on any atom is 0.261 e. The van der Waals surface area contributed by atoms with E-state index in [0.717, 1.165) is 11.3 Å². The van der Waals surface area contributed by atoms with Gasteiger partial charge in [0.1, 0.15) is 0 Å². The number of anilines is 2. The van der Waals surface area contributed by atoms with E-state index in [-0.39, 0.29) is 10.8 Å². The van der Waals surface area contributed by atoms with E-state index in [0.29, 0.717) is 16.9 Å². The highest BCUT2D eigenvalue weighted by molar-refractivity contribution is 7.98. The number of hydrogen-bond donors (Lipinski definition) is 2. The second kappa shape index (κ2) is 10.4. The molecular formula is C26H22N2O3S2. The van der Waals surface area contributed by atoms with E-state index in [2.05, 4.69) is 22.2 Å². The van der Waals surface area contributed by atoms with Crippen molar-refractivity contribution >= 4 is 39.1 Å². The minimum absolute atomic E-state index is 0.115. The van der Waals surface area contributed by atoms with Crippen LogP contribution in [0.4, 0.5) is 11.4 Å². The van der Waals surface area contributed by atoms with E-state index in [9.17, 15) is 13.2 Å². The molecule has 0 spiro atoms. The summed E-state index contributed by atoms with van der Waals surface area (Å²) in [6.07, 6.45) is 0. The number of sulfonamides is 1. The van der Waals surface area contributed by atoms with Crippen LogP contribution in [0.1, 0.15) is 15.9 Å². The third kappa shape index (κ3) is 6.25. The monoisotopic (exact) mass is 474 g/mol. The fourth-order valence-electron chi connectivity index (χ4n) is 3.08. The van der Waals surface area contributed by atoms with Crippen molar-refractivity contribution in [3.63, 3.8) is 0 Å². The lowest BCUT2D eigenvalue weighted by atomic mass is 10.1. The molecule has 2 N–H and O–H groups in total. The second-order valence-corrected chi connectivity index (χ2v) is 9.98. The number of carbonyl (C=O) groups excluding carboxylic acids is 1. The van der Waals surface area contributed by atoms with Gasteiger partial charge in [0.25, 0.3) is 15.9 Å². The Balaban J connectivity index is 1.35. The van der Waals surface area contributed by atoms with E-state index < -0.39 is 10.0 Å². The fraction of sp³-hybridized carbons (Fsp3) is 0.0385. The van der Waals surface area contributed by atoms with Gasteiger partial charge in [0.15, 0.2) is 0 Å². The Hall–Kier alpha value is -3.55. The van der Waals surface area contributed by atoms with Crippen molar-refractivity contribution in [3.05, 3.63) is 120 Å². The number of hydrogen-bond acceptors (Lipinski definition) is 4. The third-order valence-corrected chi connectivity index (χ3v) is 7.29. The van der Waals surface area contributed by atoms with Gasteiger partial charge in [-0.25, -0.2) is 8.42 Å². The summed E-state index contributed by atoms with van der Waals surface area (Å²) in [6, 6.07) is 32.4. The van der Waals surface area contributed by atoms with Crippen molar-refractivity contribution in [1.82, 2.24) is 0 Å². The number of benzene rings is 4. The molecule has 4 rings (SSSR count). The predicted molar refractivity (Wildman–Crippen MR) is 134 cm³/mol. The molecule has 4 aromatic rings. The maximum absolute atomic E-state index is 12.6. The van der Waals surface area contributed by atoms with Crippen molar-refractivity contribution in [1.29, 1.82) is 0 Å². The maximum atomic E-state index is 12.6. The third-order valence-electron chi connectivity index (χ3n) is 4.81. The normalized spacial score (nSPS) is 11.0. The van der Waals surface area contributed by atoms with Crippen molar-refractivity contribution < 1.29 is 13.2 Å². The minimum Gasteiger partial charge on any atom is -0.322 e. The highest BCUT2D eigenvalue weighted by atomic mass is 32.2. The van der Waals surface area contributed by atoms with Gasteiger partial charge in [-0.05, 0) is 66.2 Å². The molecule has 0 aliphatic rings. The zero-order valence-corrected chi connectivity index (χ0v) is 19.3. The molecule has 1 amide bonds. The number of carbonyl (C=O) groups is 1. The van der Waals surface area contributed by atoms with Gasteiger partial charge in [0.2, 0.25) is 0 Å². The molecule has 0 aromatic heterocycles. The van der Waals surface area contributed by atoms with Crippen LogP contribution in [0, 0.1) is 0 Å². The lowest BCUT2D eigenvalue weighted by Gasteiger charge is -2.10. The molecular weight excluding hydrogens is 452 g/mol. The quantitative estimate of drug-likeness (QED) is 0.306. The standard InChI is InChI=1S/C26H22N2O3S2/c29-26(21-13-11-20(12-14-21)19-32-24-9-5-2-6-10-24)27-22-15-17-25(18-16-22)33(30,31)28-23-7-3-1-4-8-23/h1-18,28H,19H2,(H,27,29). The highest BCUT2D eigenvalue weighted by Crippen LogP contribution is 2.23. The topological polar surface area (TPSA) is 75.3 Å². The molecule has 166 valence electrons. The van der Waals surface area contributed by atoms with Crippen molar-refractivity contribution in [2.45, 2.75) is 15.5 Å². The van der Waals surface area contributed by atoms with Gasteiger partial charge < -0.3 is 5.32 Å². The summed E-state index contributed by atoms with van der Waals surface area (Å²) >= 11 is 1.74. The summed E-state index contributed by atoms with van der Waals surface area (Å²) in [5.41, 5.74) is 2.66. The minimum atomic E-state index is -3.71. The average Bonchev–Trinajstić information content (AvgIpc) is 2.84. The molecule has 0 aliphatic carbocycles. The van der Waals surface area contributed by atoms with Crippen LogP contribution in [0.3, 0.4) is 0 Å². The van der Waals surface area contributed by atoms with Crippen LogP contribution >= 0.6 is 11.8 Å². The van der Waals surface area contributed by atoms with Crippen molar-refractivity contribution in [2.75, 3.05) is 10.0 Å². The first kappa shape index (κ1) is 22.6. The van der Waals surface area contributed by atoms with Gasteiger partial charge in [-0.2, -0.15) is 0 Å². The molecule has 0 saturated carbocycles. The van der Waals surface area contributed by atoms with Crippen LogP contribution in [0.5, 0.6) is 0 Å². The van der Waals surface area contributed by atoms with E-state index >= 15 is 0 Å². The van der Waals surface area contributed by atoms with Crippen LogP contribution in [-0.2, 0) is 15.8 Å². The summed E-state index contributed by atoms with van der Waals surface area (Å²) in [5.74, 6) is 0.564. The molecule has 33 heavy (non-hydrogen) atoms. The van der Waals surface area contributed by atoms with Crippen molar-refractivity contribution in [3.8, 4) is 0 Å². The largest absolute Gasteiger partial charge is 0.322 e. The van der Waals surface area contributed by atoms with E-state index in [1.165, 1.54) is 17.0 Å². The van der Waals surface area contributed by atoms with Crippen LogP contribution in [0.2, 0.25) is 0 Å². The average molecular weight is 475 g/mol. The summed E-state index contributed by atoms with van der Waals surface area (Å²) in [7, 11) is -3.71.